The van der Waals surface area contributed by atoms with Crippen LogP contribution < -0.4 is 5.32 Å². The smallest absolute Gasteiger partial charge is 0.108 e. The highest BCUT2D eigenvalue weighted by atomic mass is 16.3. The van der Waals surface area contributed by atoms with Crippen LogP contribution in [0.15, 0.2) is 23.4 Å². The molecule has 70 valence electrons. The van der Waals surface area contributed by atoms with Gasteiger partial charge < -0.3 is 5.32 Å². The van der Waals surface area contributed by atoms with Crippen LogP contribution in [0.25, 0.3) is 0 Å². The number of aryl methyl sites for hydroxylation is 1. The molecule has 0 aliphatic heterocycles. The zero-order valence-corrected chi connectivity index (χ0v) is 8.00. The lowest BCUT2D eigenvalue weighted by molar-refractivity contribution is 0.789. The molecular formula is C10H14N2O. The van der Waals surface area contributed by atoms with Crippen molar-refractivity contribution in [2.75, 3.05) is 13.6 Å². The summed E-state index contributed by atoms with van der Waals surface area (Å²) in [6, 6.07) is 5.52. The Morgan fingerprint density at radius 2 is 2.23 bits per heavy atom. The minimum atomic E-state index is 0.511. The van der Waals surface area contributed by atoms with Crippen LogP contribution in [0, 0.1) is 11.8 Å². The number of hydrogen-bond acceptors (Lipinski definition) is 3. The van der Waals surface area contributed by atoms with Crippen molar-refractivity contribution in [1.82, 2.24) is 5.32 Å². The number of hydrogen-bond donors (Lipinski definition) is 1. The largest absolute Gasteiger partial charge is 0.319 e. The Bertz CT molecular complexity index is 297. The normalized spacial score (nSPS) is 10.0. The molecule has 1 aromatic rings. The van der Waals surface area contributed by atoms with Gasteiger partial charge in [-0.3, -0.25) is 0 Å². The molecule has 1 rings (SSSR count). The summed E-state index contributed by atoms with van der Waals surface area (Å²) in [7, 11) is 1.91. The molecule has 1 aromatic carbocycles. The Labute approximate surface area is 78.1 Å². The molecule has 0 bridgehead atoms. The third kappa shape index (κ3) is 2.63. The van der Waals surface area contributed by atoms with E-state index in [0.29, 0.717) is 5.69 Å². The highest BCUT2D eigenvalue weighted by molar-refractivity contribution is 5.43. The third-order valence-electron chi connectivity index (χ3n) is 2.08. The van der Waals surface area contributed by atoms with E-state index in [1.807, 2.05) is 26.1 Å². The third-order valence-corrected chi connectivity index (χ3v) is 2.08. The zero-order valence-electron chi connectivity index (χ0n) is 8.00. The maximum atomic E-state index is 10.3. The van der Waals surface area contributed by atoms with Crippen molar-refractivity contribution >= 4 is 5.69 Å². The van der Waals surface area contributed by atoms with Gasteiger partial charge in [0.2, 0.25) is 0 Å². The minimum Gasteiger partial charge on any atom is -0.319 e. The van der Waals surface area contributed by atoms with Gasteiger partial charge >= 0.3 is 0 Å². The van der Waals surface area contributed by atoms with Gasteiger partial charge in [0.1, 0.15) is 5.69 Å². The second kappa shape index (κ2) is 4.72. The molecule has 1 N–H and O–H groups in total. The Kier molecular flexibility index (Phi) is 3.58. The molecule has 0 unspecified atom stereocenters. The average Bonchev–Trinajstić information content (AvgIpc) is 2.17. The van der Waals surface area contributed by atoms with Crippen molar-refractivity contribution in [3.8, 4) is 0 Å². The lowest BCUT2D eigenvalue weighted by atomic mass is 10.1. The lowest BCUT2D eigenvalue weighted by Crippen LogP contribution is -2.10. The molecule has 0 saturated carbocycles. The number of likely N-dealkylation sites (N-methyl/N-ethyl adjacent to an activating group) is 1. The van der Waals surface area contributed by atoms with Crippen LogP contribution in [-0.4, -0.2) is 13.6 Å². The minimum absolute atomic E-state index is 0.511. The van der Waals surface area contributed by atoms with Crippen LogP contribution in [0.2, 0.25) is 0 Å². The van der Waals surface area contributed by atoms with Crippen LogP contribution in [0.5, 0.6) is 0 Å². The first-order chi connectivity index (χ1) is 6.27. The first-order valence-electron chi connectivity index (χ1n) is 4.35. The molecule has 3 heteroatoms. The molecule has 0 fully saturated rings. The number of benzene rings is 1. The van der Waals surface area contributed by atoms with E-state index in [-0.39, 0.29) is 0 Å². The number of nitrogens with zero attached hydrogens (tertiary/aromatic N) is 1. The fourth-order valence-electron chi connectivity index (χ4n) is 1.24. The summed E-state index contributed by atoms with van der Waals surface area (Å²) < 4.78 is 0. The Morgan fingerprint density at radius 3 is 2.85 bits per heavy atom. The first kappa shape index (κ1) is 9.86. The number of nitroso groups, excluding NO2 is 1. The monoisotopic (exact) mass is 178 g/mol. The second-order valence-electron chi connectivity index (χ2n) is 3.06. The predicted octanol–water partition coefficient (Wildman–Crippen LogP) is 2.15. The molecule has 0 spiro atoms. The van der Waals surface area contributed by atoms with E-state index in [1.165, 1.54) is 11.1 Å². The van der Waals surface area contributed by atoms with Gasteiger partial charge in [0, 0.05) is 0 Å². The van der Waals surface area contributed by atoms with E-state index < -0.39 is 0 Å². The molecule has 0 atom stereocenters. The SMILES string of the molecule is CNCCc1cc(N=O)ccc1C. The van der Waals surface area contributed by atoms with E-state index in [1.54, 1.807) is 6.07 Å². The molecule has 0 aliphatic carbocycles. The van der Waals surface area contributed by atoms with E-state index in [4.69, 9.17) is 0 Å². The predicted molar refractivity (Wildman–Crippen MR) is 54.3 cm³/mol. The topological polar surface area (TPSA) is 41.5 Å². The van der Waals surface area contributed by atoms with Crippen LogP contribution in [0.1, 0.15) is 11.1 Å². The van der Waals surface area contributed by atoms with Crippen LogP contribution in [0.4, 0.5) is 5.69 Å². The molecule has 0 aromatic heterocycles. The van der Waals surface area contributed by atoms with Crippen molar-refractivity contribution in [1.29, 1.82) is 0 Å². The maximum absolute atomic E-state index is 10.3. The summed E-state index contributed by atoms with van der Waals surface area (Å²) in [5.74, 6) is 0. The Hall–Kier alpha value is -1.22. The highest BCUT2D eigenvalue weighted by Crippen LogP contribution is 2.17. The van der Waals surface area contributed by atoms with Crippen LogP contribution in [0.3, 0.4) is 0 Å². The Morgan fingerprint density at radius 1 is 1.46 bits per heavy atom. The standard InChI is InChI=1S/C10H14N2O/c1-8-3-4-10(12-13)7-9(8)5-6-11-2/h3-4,7,11H,5-6H2,1-2H3. The molecule has 0 radical (unpaired) electrons. The van der Waals surface area contributed by atoms with E-state index >= 15 is 0 Å². The van der Waals surface area contributed by atoms with Gasteiger partial charge in [-0.15, -0.1) is 4.91 Å². The van der Waals surface area contributed by atoms with Crippen molar-refractivity contribution in [2.45, 2.75) is 13.3 Å². The number of nitrogens with one attached hydrogen (secondary N) is 1. The lowest BCUT2D eigenvalue weighted by Gasteiger charge is -2.04. The molecule has 0 heterocycles. The van der Waals surface area contributed by atoms with Gasteiger partial charge in [-0.05, 0) is 55.4 Å². The van der Waals surface area contributed by atoms with E-state index in [9.17, 15) is 4.91 Å². The summed E-state index contributed by atoms with van der Waals surface area (Å²) in [6.07, 6.45) is 0.936. The van der Waals surface area contributed by atoms with Crippen molar-refractivity contribution < 1.29 is 0 Å². The zero-order chi connectivity index (χ0) is 9.68. The van der Waals surface area contributed by atoms with Gasteiger partial charge in [-0.2, -0.15) is 0 Å². The summed E-state index contributed by atoms with van der Waals surface area (Å²) in [6.45, 7) is 2.96. The van der Waals surface area contributed by atoms with Crippen molar-refractivity contribution in [3.05, 3.63) is 34.2 Å². The molecule has 0 saturated heterocycles. The second-order valence-corrected chi connectivity index (χ2v) is 3.06. The molecular weight excluding hydrogens is 164 g/mol. The molecule has 0 aliphatic rings. The fourth-order valence-corrected chi connectivity index (χ4v) is 1.24. The van der Waals surface area contributed by atoms with E-state index in [2.05, 4.69) is 10.5 Å². The molecule has 13 heavy (non-hydrogen) atoms. The fraction of sp³-hybridized carbons (Fsp3) is 0.400. The van der Waals surface area contributed by atoms with Crippen molar-refractivity contribution in [2.24, 2.45) is 5.18 Å². The van der Waals surface area contributed by atoms with Gasteiger partial charge in [-0.25, -0.2) is 0 Å². The maximum Gasteiger partial charge on any atom is 0.108 e. The van der Waals surface area contributed by atoms with Crippen molar-refractivity contribution in [3.63, 3.8) is 0 Å². The van der Waals surface area contributed by atoms with Gasteiger partial charge in [-0.1, -0.05) is 6.07 Å². The summed E-state index contributed by atoms with van der Waals surface area (Å²) >= 11 is 0. The molecule has 0 amide bonds. The summed E-state index contributed by atoms with van der Waals surface area (Å²) in [4.78, 5) is 10.3. The van der Waals surface area contributed by atoms with Gasteiger partial charge in [0.25, 0.3) is 0 Å². The first-order valence-corrected chi connectivity index (χ1v) is 4.35. The van der Waals surface area contributed by atoms with Crippen LogP contribution >= 0.6 is 0 Å². The average molecular weight is 178 g/mol. The number of rotatable bonds is 4. The van der Waals surface area contributed by atoms with Gasteiger partial charge in [0.05, 0.1) is 0 Å². The summed E-state index contributed by atoms with van der Waals surface area (Å²) in [5, 5.41) is 5.98. The summed E-state index contributed by atoms with van der Waals surface area (Å²) in [5.41, 5.74) is 2.91. The van der Waals surface area contributed by atoms with Crippen LogP contribution in [-0.2, 0) is 6.42 Å². The quantitative estimate of drug-likeness (QED) is 0.718. The van der Waals surface area contributed by atoms with Gasteiger partial charge in [0.15, 0.2) is 0 Å². The highest BCUT2D eigenvalue weighted by Gasteiger charge is 1.99. The van der Waals surface area contributed by atoms with E-state index in [0.717, 1.165) is 13.0 Å². The molecule has 3 nitrogen and oxygen atoms in total. The Balaban J connectivity index is 2.83.